The Balaban J connectivity index is 1.58. The van der Waals surface area contributed by atoms with Crippen molar-refractivity contribution in [1.82, 2.24) is 0 Å². The molecule has 31 heavy (non-hydrogen) atoms. The van der Waals surface area contributed by atoms with Gasteiger partial charge in [0.05, 0.1) is 12.2 Å². The summed E-state index contributed by atoms with van der Waals surface area (Å²) in [5, 5.41) is 2.64. The molecule has 0 fully saturated rings. The summed E-state index contributed by atoms with van der Waals surface area (Å²) < 4.78 is 11.0. The molecule has 1 N–H and O–H groups in total. The van der Waals surface area contributed by atoms with Crippen LogP contribution in [-0.4, -0.2) is 24.3 Å². The summed E-state index contributed by atoms with van der Waals surface area (Å²) in [4.78, 5) is 37.4. The number of amides is 1. The van der Waals surface area contributed by atoms with E-state index in [0.29, 0.717) is 34.7 Å². The third kappa shape index (κ3) is 4.23. The number of rotatable bonds is 5. The van der Waals surface area contributed by atoms with Crippen molar-refractivity contribution in [3.63, 3.8) is 0 Å². The largest absolute Gasteiger partial charge is 0.490 e. The number of ketones is 2. The molecule has 1 amide bonds. The zero-order valence-corrected chi connectivity index (χ0v) is 16.8. The number of Topliss-reactive ketones (excluding diaryl/α,β-unsaturated/α-hetero) is 2. The van der Waals surface area contributed by atoms with Gasteiger partial charge in [-0.15, -0.1) is 0 Å². The number of para-hydroxylation sites is 1. The normalized spacial score (nSPS) is 12.4. The number of carbonyl (C=O) groups is 3. The van der Waals surface area contributed by atoms with Crippen molar-refractivity contribution in [3.05, 3.63) is 95.1 Å². The number of allylic oxidation sites excluding steroid dienone is 1. The summed E-state index contributed by atoms with van der Waals surface area (Å²) in [6, 6.07) is 20.5. The lowest BCUT2D eigenvalue weighted by Crippen LogP contribution is -2.17. The molecular weight excluding hydrogens is 394 g/mol. The van der Waals surface area contributed by atoms with E-state index >= 15 is 0 Å². The second-order valence-corrected chi connectivity index (χ2v) is 6.78. The number of ether oxygens (including phenoxy) is 2. The highest BCUT2D eigenvalue weighted by Gasteiger charge is 2.32. The molecule has 0 spiro atoms. The number of anilines is 1. The number of fused-ring (bicyclic) bond motifs is 1. The molecule has 0 saturated carbocycles. The molecule has 1 aliphatic rings. The summed E-state index contributed by atoms with van der Waals surface area (Å²) in [6.45, 7) is 2.15. The summed E-state index contributed by atoms with van der Waals surface area (Å²) in [5.74, 6) is -0.0532. The van der Waals surface area contributed by atoms with Gasteiger partial charge in [0.1, 0.15) is 0 Å². The summed E-state index contributed by atoms with van der Waals surface area (Å²) in [5.41, 5.74) is 2.09. The Bertz CT molecular complexity index is 1160. The van der Waals surface area contributed by atoms with Crippen LogP contribution in [0.25, 0.3) is 6.08 Å². The standard InChI is InChI=1S/C25H19NO5/c1-2-30-22-15-16(14-20-23(27)18-10-6-7-11-19(18)24(20)28)12-13-21(22)31-25(29)26-17-8-4-3-5-9-17/h3-15H,2H2,1H3,(H,26,29). The molecule has 3 aromatic rings. The van der Waals surface area contributed by atoms with Gasteiger partial charge >= 0.3 is 6.09 Å². The van der Waals surface area contributed by atoms with Crippen molar-refractivity contribution < 1.29 is 23.9 Å². The molecule has 0 aliphatic heterocycles. The van der Waals surface area contributed by atoms with Crippen molar-refractivity contribution in [3.8, 4) is 11.5 Å². The molecule has 0 radical (unpaired) electrons. The minimum Gasteiger partial charge on any atom is -0.490 e. The van der Waals surface area contributed by atoms with Crippen LogP contribution in [0.5, 0.6) is 11.5 Å². The van der Waals surface area contributed by atoms with E-state index in [9.17, 15) is 14.4 Å². The average molecular weight is 413 g/mol. The Morgan fingerprint density at radius 1 is 0.871 bits per heavy atom. The number of hydrogen-bond donors (Lipinski definition) is 1. The quantitative estimate of drug-likeness (QED) is 0.462. The van der Waals surface area contributed by atoms with Gasteiger partial charge in [0.15, 0.2) is 23.1 Å². The second-order valence-electron chi connectivity index (χ2n) is 6.78. The first-order valence-electron chi connectivity index (χ1n) is 9.77. The van der Waals surface area contributed by atoms with Crippen LogP contribution in [0.3, 0.4) is 0 Å². The first-order chi connectivity index (χ1) is 15.1. The Morgan fingerprint density at radius 2 is 1.52 bits per heavy atom. The fraction of sp³-hybridized carbons (Fsp3) is 0.0800. The number of nitrogens with one attached hydrogen (secondary N) is 1. The van der Waals surface area contributed by atoms with Gasteiger partial charge in [0.25, 0.3) is 0 Å². The van der Waals surface area contributed by atoms with E-state index < -0.39 is 6.09 Å². The van der Waals surface area contributed by atoms with Crippen LogP contribution in [0, 0.1) is 0 Å². The van der Waals surface area contributed by atoms with Crippen molar-refractivity contribution >= 4 is 29.4 Å². The molecule has 0 bridgehead atoms. The maximum Gasteiger partial charge on any atom is 0.417 e. The summed E-state index contributed by atoms with van der Waals surface area (Å²) in [6.07, 6.45) is 0.871. The number of hydrogen-bond acceptors (Lipinski definition) is 5. The molecule has 0 saturated heterocycles. The Labute approximate surface area is 179 Å². The highest BCUT2D eigenvalue weighted by molar-refractivity contribution is 6.41. The van der Waals surface area contributed by atoms with Crippen molar-refractivity contribution in [2.75, 3.05) is 11.9 Å². The maximum atomic E-state index is 12.6. The van der Waals surface area contributed by atoms with Gasteiger partial charge in [0, 0.05) is 16.8 Å². The van der Waals surface area contributed by atoms with Gasteiger partial charge in [-0.2, -0.15) is 0 Å². The summed E-state index contributed by atoms with van der Waals surface area (Å²) >= 11 is 0. The molecule has 0 atom stereocenters. The first-order valence-corrected chi connectivity index (χ1v) is 9.77. The molecule has 3 aromatic carbocycles. The van der Waals surface area contributed by atoms with Crippen LogP contribution in [0.15, 0.2) is 78.4 Å². The van der Waals surface area contributed by atoms with Crippen molar-refractivity contribution in [2.45, 2.75) is 6.92 Å². The van der Waals surface area contributed by atoms with Gasteiger partial charge < -0.3 is 9.47 Å². The highest BCUT2D eigenvalue weighted by Crippen LogP contribution is 2.32. The Morgan fingerprint density at radius 3 is 2.16 bits per heavy atom. The molecule has 6 nitrogen and oxygen atoms in total. The van der Waals surface area contributed by atoms with E-state index in [4.69, 9.17) is 9.47 Å². The van der Waals surface area contributed by atoms with Gasteiger partial charge in [-0.05, 0) is 42.8 Å². The Hall–Kier alpha value is -4.19. The molecule has 154 valence electrons. The van der Waals surface area contributed by atoms with Crippen molar-refractivity contribution in [2.24, 2.45) is 0 Å². The zero-order valence-electron chi connectivity index (χ0n) is 16.8. The molecular formula is C25H19NO5. The topological polar surface area (TPSA) is 81.7 Å². The van der Waals surface area contributed by atoms with Gasteiger partial charge in [-0.3, -0.25) is 14.9 Å². The maximum absolute atomic E-state index is 12.6. The number of carbonyl (C=O) groups excluding carboxylic acids is 3. The van der Waals surface area contributed by atoms with E-state index in [1.807, 2.05) is 6.07 Å². The van der Waals surface area contributed by atoms with E-state index in [0.717, 1.165) is 0 Å². The lowest BCUT2D eigenvalue weighted by Gasteiger charge is -2.12. The lowest BCUT2D eigenvalue weighted by atomic mass is 10.1. The van der Waals surface area contributed by atoms with Crippen LogP contribution < -0.4 is 14.8 Å². The average Bonchev–Trinajstić information content (AvgIpc) is 3.01. The molecule has 0 aromatic heterocycles. The second kappa shape index (κ2) is 8.67. The van der Waals surface area contributed by atoms with Crippen LogP contribution >= 0.6 is 0 Å². The van der Waals surface area contributed by atoms with Crippen LogP contribution in [0.2, 0.25) is 0 Å². The number of benzene rings is 3. The molecule has 0 unspecified atom stereocenters. The fourth-order valence-electron chi connectivity index (χ4n) is 3.30. The highest BCUT2D eigenvalue weighted by atomic mass is 16.6. The van der Waals surface area contributed by atoms with Gasteiger partial charge in [0.2, 0.25) is 0 Å². The van der Waals surface area contributed by atoms with Crippen LogP contribution in [0.1, 0.15) is 33.2 Å². The lowest BCUT2D eigenvalue weighted by molar-refractivity contribution is 0.0990. The minimum absolute atomic E-state index is 0.0964. The SMILES string of the molecule is CCOc1cc(C=C2C(=O)c3ccccc3C2=O)ccc1OC(=O)Nc1ccccc1. The first kappa shape index (κ1) is 20.1. The summed E-state index contributed by atoms with van der Waals surface area (Å²) in [7, 11) is 0. The predicted molar refractivity (Wildman–Crippen MR) is 117 cm³/mol. The van der Waals surface area contributed by atoms with E-state index in [1.165, 1.54) is 6.08 Å². The fourth-order valence-corrected chi connectivity index (χ4v) is 3.30. The predicted octanol–water partition coefficient (Wildman–Crippen LogP) is 5.16. The van der Waals surface area contributed by atoms with E-state index in [2.05, 4.69) is 5.32 Å². The molecule has 0 heterocycles. The van der Waals surface area contributed by atoms with Gasteiger partial charge in [-0.1, -0.05) is 48.5 Å². The van der Waals surface area contributed by atoms with E-state index in [1.54, 1.807) is 73.7 Å². The van der Waals surface area contributed by atoms with Gasteiger partial charge in [-0.25, -0.2) is 4.79 Å². The third-order valence-electron chi connectivity index (χ3n) is 4.71. The van der Waals surface area contributed by atoms with E-state index in [-0.39, 0.29) is 22.9 Å². The minimum atomic E-state index is -0.658. The van der Waals surface area contributed by atoms with Crippen LogP contribution in [0.4, 0.5) is 10.5 Å². The monoisotopic (exact) mass is 413 g/mol. The Kier molecular flexibility index (Phi) is 5.62. The smallest absolute Gasteiger partial charge is 0.417 e. The third-order valence-corrected chi connectivity index (χ3v) is 4.71. The molecule has 6 heteroatoms. The van der Waals surface area contributed by atoms with Crippen LogP contribution in [-0.2, 0) is 0 Å². The van der Waals surface area contributed by atoms with Crippen molar-refractivity contribution in [1.29, 1.82) is 0 Å². The molecule has 4 rings (SSSR count). The molecule has 1 aliphatic carbocycles. The zero-order chi connectivity index (χ0) is 21.8.